The zero-order valence-electron chi connectivity index (χ0n) is 11.2. The van der Waals surface area contributed by atoms with Crippen LogP contribution in [0.1, 0.15) is 11.1 Å². The molecular formula is C16H10F3NOS. The van der Waals surface area contributed by atoms with Gasteiger partial charge in [-0.1, -0.05) is 18.7 Å². The first-order valence-corrected chi connectivity index (χ1v) is 7.20. The minimum Gasteiger partial charge on any atom is -0.456 e. The summed E-state index contributed by atoms with van der Waals surface area (Å²) in [5, 5.41) is 0. The number of hydrogen-bond donors (Lipinski definition) is 0. The summed E-state index contributed by atoms with van der Waals surface area (Å²) in [5.74, 6) is 0.597. The van der Waals surface area contributed by atoms with Gasteiger partial charge in [-0.2, -0.15) is 13.2 Å². The van der Waals surface area contributed by atoms with E-state index in [1.54, 1.807) is 17.7 Å². The first-order valence-electron chi connectivity index (χ1n) is 6.32. The van der Waals surface area contributed by atoms with Gasteiger partial charge in [-0.25, -0.2) is 4.98 Å². The fraction of sp³-hybridized carbons (Fsp3) is 0.0625. The summed E-state index contributed by atoms with van der Waals surface area (Å²) >= 11 is 1.37. The minimum absolute atomic E-state index is 0.130. The van der Waals surface area contributed by atoms with Crippen LogP contribution in [0.25, 0.3) is 16.3 Å². The summed E-state index contributed by atoms with van der Waals surface area (Å²) in [6, 6.07) is 8.37. The van der Waals surface area contributed by atoms with Gasteiger partial charge < -0.3 is 4.74 Å². The van der Waals surface area contributed by atoms with Crippen LogP contribution >= 0.6 is 11.3 Å². The van der Waals surface area contributed by atoms with Crippen molar-refractivity contribution in [1.29, 1.82) is 0 Å². The molecule has 6 heteroatoms. The van der Waals surface area contributed by atoms with Gasteiger partial charge in [0.2, 0.25) is 0 Å². The summed E-state index contributed by atoms with van der Waals surface area (Å²) < 4.78 is 44.7. The molecule has 112 valence electrons. The van der Waals surface area contributed by atoms with Crippen LogP contribution in [-0.2, 0) is 6.18 Å². The van der Waals surface area contributed by atoms with E-state index < -0.39 is 11.7 Å². The van der Waals surface area contributed by atoms with E-state index in [0.717, 1.165) is 27.9 Å². The van der Waals surface area contributed by atoms with Crippen molar-refractivity contribution < 1.29 is 17.9 Å². The molecule has 0 N–H and O–H groups in total. The summed E-state index contributed by atoms with van der Waals surface area (Å²) in [4.78, 5) is 4.20. The molecule has 22 heavy (non-hydrogen) atoms. The Bertz CT molecular complexity index is 839. The number of thiazole rings is 1. The van der Waals surface area contributed by atoms with Gasteiger partial charge in [-0.05, 0) is 35.9 Å². The maximum atomic E-state index is 12.8. The lowest BCUT2D eigenvalue weighted by molar-refractivity contribution is -0.137. The Hall–Kier alpha value is -2.34. The van der Waals surface area contributed by atoms with Crippen molar-refractivity contribution in [3.05, 3.63) is 59.6 Å². The van der Waals surface area contributed by atoms with E-state index in [1.165, 1.54) is 23.5 Å². The Morgan fingerprint density at radius 3 is 2.73 bits per heavy atom. The van der Waals surface area contributed by atoms with Gasteiger partial charge >= 0.3 is 6.18 Å². The van der Waals surface area contributed by atoms with E-state index in [9.17, 15) is 13.2 Å². The second-order valence-corrected chi connectivity index (χ2v) is 5.41. The van der Waals surface area contributed by atoms with E-state index in [0.29, 0.717) is 5.75 Å². The van der Waals surface area contributed by atoms with Gasteiger partial charge in [-0.15, -0.1) is 11.3 Å². The number of alkyl halides is 3. The molecule has 2 nitrogen and oxygen atoms in total. The number of benzene rings is 2. The number of nitrogens with zero attached hydrogens (tertiary/aromatic N) is 1. The second-order valence-electron chi connectivity index (χ2n) is 4.55. The van der Waals surface area contributed by atoms with E-state index in [1.807, 2.05) is 6.07 Å². The standard InChI is InChI=1S/C16H10F3NOS/c1-2-10-6-13-15(22-9-20-13)14(7-10)21-12-5-3-4-11(8-12)16(17,18)19/h2-9H,1H2. The average Bonchev–Trinajstić information content (AvgIpc) is 2.95. The van der Waals surface area contributed by atoms with Crippen molar-refractivity contribution in [2.45, 2.75) is 6.18 Å². The van der Waals surface area contributed by atoms with Crippen LogP contribution in [0.4, 0.5) is 13.2 Å². The number of ether oxygens (including phenoxy) is 1. The Balaban J connectivity index is 2.03. The van der Waals surface area contributed by atoms with Gasteiger partial charge in [0.15, 0.2) is 0 Å². The SMILES string of the molecule is C=Cc1cc(Oc2cccc(C(F)(F)F)c2)c2scnc2c1. The molecule has 0 unspecified atom stereocenters. The smallest absolute Gasteiger partial charge is 0.416 e. The molecular weight excluding hydrogens is 311 g/mol. The summed E-state index contributed by atoms with van der Waals surface area (Å²) in [5.41, 5.74) is 2.44. The van der Waals surface area contributed by atoms with E-state index in [2.05, 4.69) is 11.6 Å². The normalized spacial score (nSPS) is 11.6. The molecule has 0 amide bonds. The van der Waals surface area contributed by atoms with E-state index in [4.69, 9.17) is 4.74 Å². The van der Waals surface area contributed by atoms with Crippen molar-refractivity contribution in [3.63, 3.8) is 0 Å². The van der Waals surface area contributed by atoms with Crippen molar-refractivity contribution >= 4 is 27.6 Å². The third kappa shape index (κ3) is 2.82. The topological polar surface area (TPSA) is 22.1 Å². The number of fused-ring (bicyclic) bond motifs is 1. The van der Waals surface area contributed by atoms with Crippen LogP contribution in [0.15, 0.2) is 48.5 Å². The van der Waals surface area contributed by atoms with Gasteiger partial charge in [-0.3, -0.25) is 0 Å². The number of rotatable bonds is 3. The Kier molecular flexibility index (Phi) is 3.62. The first-order chi connectivity index (χ1) is 10.5. The number of hydrogen-bond acceptors (Lipinski definition) is 3. The zero-order chi connectivity index (χ0) is 15.7. The molecule has 3 rings (SSSR count). The number of aromatic nitrogens is 1. The minimum atomic E-state index is -4.40. The summed E-state index contributed by atoms with van der Waals surface area (Å²) in [6.07, 6.45) is -2.76. The predicted molar refractivity (Wildman–Crippen MR) is 81.2 cm³/mol. The van der Waals surface area contributed by atoms with Crippen LogP contribution in [0.5, 0.6) is 11.5 Å². The van der Waals surface area contributed by atoms with Crippen LogP contribution in [0, 0.1) is 0 Å². The zero-order valence-corrected chi connectivity index (χ0v) is 12.0. The Labute approximate surface area is 128 Å². The molecule has 0 aliphatic heterocycles. The molecule has 0 saturated heterocycles. The molecule has 3 aromatic rings. The van der Waals surface area contributed by atoms with Gasteiger partial charge in [0.1, 0.15) is 11.5 Å². The Morgan fingerprint density at radius 1 is 1.18 bits per heavy atom. The van der Waals surface area contributed by atoms with Crippen LogP contribution in [0.3, 0.4) is 0 Å². The lowest BCUT2D eigenvalue weighted by atomic mass is 10.2. The van der Waals surface area contributed by atoms with Crippen molar-refractivity contribution in [1.82, 2.24) is 4.98 Å². The molecule has 1 aromatic heterocycles. The monoisotopic (exact) mass is 321 g/mol. The van der Waals surface area contributed by atoms with Crippen molar-refractivity contribution in [2.75, 3.05) is 0 Å². The molecule has 0 aliphatic rings. The molecule has 0 radical (unpaired) electrons. The quantitative estimate of drug-likeness (QED) is 0.613. The van der Waals surface area contributed by atoms with Crippen LogP contribution in [-0.4, -0.2) is 4.98 Å². The van der Waals surface area contributed by atoms with E-state index >= 15 is 0 Å². The maximum Gasteiger partial charge on any atom is 0.416 e. The van der Waals surface area contributed by atoms with Gasteiger partial charge in [0.25, 0.3) is 0 Å². The summed E-state index contributed by atoms with van der Waals surface area (Å²) in [6.45, 7) is 3.69. The molecule has 0 fully saturated rings. The molecule has 0 aliphatic carbocycles. The highest BCUT2D eigenvalue weighted by Crippen LogP contribution is 2.36. The molecule has 0 spiro atoms. The second kappa shape index (κ2) is 5.46. The molecule has 0 atom stereocenters. The highest BCUT2D eigenvalue weighted by Gasteiger charge is 2.30. The molecule has 0 saturated carbocycles. The van der Waals surface area contributed by atoms with Gasteiger partial charge in [0, 0.05) is 0 Å². The third-order valence-electron chi connectivity index (χ3n) is 3.04. The molecule has 2 aromatic carbocycles. The largest absolute Gasteiger partial charge is 0.456 e. The van der Waals surface area contributed by atoms with Crippen LogP contribution < -0.4 is 4.74 Å². The summed E-state index contributed by atoms with van der Waals surface area (Å²) in [7, 11) is 0. The van der Waals surface area contributed by atoms with Crippen molar-refractivity contribution in [2.24, 2.45) is 0 Å². The lowest BCUT2D eigenvalue weighted by Crippen LogP contribution is -2.04. The lowest BCUT2D eigenvalue weighted by Gasteiger charge is -2.11. The maximum absolute atomic E-state index is 12.8. The average molecular weight is 321 g/mol. The third-order valence-corrected chi connectivity index (χ3v) is 3.90. The highest BCUT2D eigenvalue weighted by atomic mass is 32.1. The fourth-order valence-corrected chi connectivity index (χ4v) is 2.74. The predicted octanol–water partition coefficient (Wildman–Crippen LogP) is 5.75. The van der Waals surface area contributed by atoms with Crippen LogP contribution in [0.2, 0.25) is 0 Å². The molecule has 1 heterocycles. The molecule has 0 bridgehead atoms. The van der Waals surface area contributed by atoms with Crippen molar-refractivity contribution in [3.8, 4) is 11.5 Å². The van der Waals surface area contributed by atoms with E-state index in [-0.39, 0.29) is 5.75 Å². The highest BCUT2D eigenvalue weighted by molar-refractivity contribution is 7.17. The Morgan fingerprint density at radius 2 is 2.00 bits per heavy atom. The number of halogens is 3. The first kappa shape index (κ1) is 14.6. The van der Waals surface area contributed by atoms with Gasteiger partial charge in [0.05, 0.1) is 21.3 Å². The fourth-order valence-electron chi connectivity index (χ4n) is 2.01.